The minimum Gasteiger partial charge on any atom is -0.444 e. The number of ether oxygens (including phenoxy) is 1. The van der Waals surface area contributed by atoms with Crippen LogP contribution < -0.4 is 11.1 Å². The highest BCUT2D eigenvalue weighted by atomic mass is 16.6. The van der Waals surface area contributed by atoms with Crippen molar-refractivity contribution in [3.8, 4) is 0 Å². The summed E-state index contributed by atoms with van der Waals surface area (Å²) >= 11 is 0. The number of carbonyl (C=O) groups is 1. The van der Waals surface area contributed by atoms with E-state index in [2.05, 4.69) is 5.32 Å². The second-order valence-corrected chi connectivity index (χ2v) is 6.17. The first-order valence-corrected chi connectivity index (χ1v) is 7.06. The van der Waals surface area contributed by atoms with Crippen LogP contribution >= 0.6 is 0 Å². The van der Waals surface area contributed by atoms with Crippen molar-refractivity contribution >= 4 is 11.8 Å². The fraction of sp³-hybridized carbons (Fsp3) is 0.533. The normalized spacial score (nSPS) is 12.6. The Morgan fingerprint density at radius 2 is 2.09 bits per heavy atom. The molecule has 1 amide bonds. The predicted octanol–water partition coefficient (Wildman–Crippen LogP) is 2.30. The molecule has 0 radical (unpaired) electrons. The van der Waals surface area contributed by atoms with Gasteiger partial charge in [-0.1, -0.05) is 11.6 Å². The highest BCUT2D eigenvalue weighted by Gasteiger charge is 2.22. The lowest BCUT2D eigenvalue weighted by Gasteiger charge is -2.23. The maximum atomic E-state index is 11.8. The van der Waals surface area contributed by atoms with Gasteiger partial charge in [0.15, 0.2) is 0 Å². The molecule has 0 heterocycles. The van der Waals surface area contributed by atoms with Gasteiger partial charge in [0.25, 0.3) is 5.69 Å². The third-order valence-electron chi connectivity index (χ3n) is 2.90. The number of hydrogen-bond acceptors (Lipinski definition) is 5. The number of carbonyl (C=O) groups excluding carboxylic acids is 1. The summed E-state index contributed by atoms with van der Waals surface area (Å²) in [7, 11) is 0. The summed E-state index contributed by atoms with van der Waals surface area (Å²) < 4.78 is 5.17. The summed E-state index contributed by atoms with van der Waals surface area (Å²) in [6.07, 6.45) is -0.313. The molecule has 122 valence electrons. The number of aryl methyl sites for hydroxylation is 1. The second kappa shape index (κ2) is 7.22. The van der Waals surface area contributed by atoms with E-state index in [-0.39, 0.29) is 18.7 Å². The molecule has 0 aliphatic rings. The van der Waals surface area contributed by atoms with Crippen molar-refractivity contribution < 1.29 is 14.5 Å². The lowest BCUT2D eigenvalue weighted by Crippen LogP contribution is -2.44. The molecule has 22 heavy (non-hydrogen) atoms. The molecule has 0 saturated heterocycles. The average Bonchev–Trinajstić information content (AvgIpc) is 2.35. The number of alkyl carbamates (subject to hydrolysis) is 1. The summed E-state index contributed by atoms with van der Waals surface area (Å²) in [5.74, 6) is 0. The van der Waals surface area contributed by atoms with Crippen LogP contribution in [0.15, 0.2) is 18.2 Å². The predicted molar refractivity (Wildman–Crippen MR) is 83.7 cm³/mol. The molecule has 0 aliphatic carbocycles. The van der Waals surface area contributed by atoms with E-state index >= 15 is 0 Å². The number of nitrogens with zero attached hydrogens (tertiary/aromatic N) is 1. The summed E-state index contributed by atoms with van der Waals surface area (Å²) in [5.41, 5.74) is 6.52. The first-order chi connectivity index (χ1) is 10.1. The number of nitro groups is 1. The van der Waals surface area contributed by atoms with E-state index in [0.717, 1.165) is 5.56 Å². The minimum atomic E-state index is -0.613. The molecule has 0 saturated carbocycles. The van der Waals surface area contributed by atoms with E-state index in [1.807, 2.05) is 6.92 Å². The van der Waals surface area contributed by atoms with Crippen molar-refractivity contribution in [2.24, 2.45) is 5.73 Å². The van der Waals surface area contributed by atoms with Crippen molar-refractivity contribution in [3.05, 3.63) is 39.4 Å². The summed E-state index contributed by atoms with van der Waals surface area (Å²) in [5, 5.41) is 13.7. The number of benzene rings is 1. The number of nitrogens with one attached hydrogen (secondary N) is 1. The molecule has 1 atom stereocenters. The standard InChI is InChI=1S/C15H23N3O4/c1-10-5-6-13(18(20)21)11(7-10)8-12(9-16)17-14(19)22-15(2,3)4/h5-7,12H,8-9,16H2,1-4H3,(H,17,19). The van der Waals surface area contributed by atoms with Gasteiger partial charge < -0.3 is 15.8 Å². The van der Waals surface area contributed by atoms with Crippen molar-refractivity contribution in [1.82, 2.24) is 5.32 Å². The molecule has 1 unspecified atom stereocenters. The lowest BCUT2D eigenvalue weighted by molar-refractivity contribution is -0.385. The first-order valence-electron chi connectivity index (χ1n) is 7.06. The highest BCUT2D eigenvalue weighted by molar-refractivity contribution is 5.68. The third kappa shape index (κ3) is 5.69. The third-order valence-corrected chi connectivity index (χ3v) is 2.90. The fourth-order valence-electron chi connectivity index (χ4n) is 1.99. The number of nitrogens with two attached hydrogens (primary N) is 1. The van der Waals surface area contributed by atoms with E-state index in [9.17, 15) is 14.9 Å². The summed E-state index contributed by atoms with van der Waals surface area (Å²) in [4.78, 5) is 22.4. The van der Waals surface area contributed by atoms with Gasteiger partial charge in [0.2, 0.25) is 0 Å². The Labute approximate surface area is 130 Å². The Morgan fingerprint density at radius 3 is 2.59 bits per heavy atom. The minimum absolute atomic E-state index is 0.0232. The Bertz CT molecular complexity index is 552. The molecular formula is C15H23N3O4. The Morgan fingerprint density at radius 1 is 1.45 bits per heavy atom. The molecular weight excluding hydrogens is 286 g/mol. The summed E-state index contributed by atoms with van der Waals surface area (Å²) in [6.45, 7) is 7.29. The molecule has 1 aromatic rings. The van der Waals surface area contributed by atoms with Crippen molar-refractivity contribution in [2.45, 2.75) is 45.8 Å². The zero-order valence-electron chi connectivity index (χ0n) is 13.4. The van der Waals surface area contributed by atoms with Crippen LogP contribution in [0, 0.1) is 17.0 Å². The molecule has 0 spiro atoms. The summed E-state index contributed by atoms with van der Waals surface area (Å²) in [6, 6.07) is 4.44. The Hall–Kier alpha value is -2.15. The van der Waals surface area contributed by atoms with Gasteiger partial charge in [-0.25, -0.2) is 4.79 Å². The van der Waals surface area contributed by atoms with E-state index in [1.165, 1.54) is 6.07 Å². The number of nitro benzene ring substituents is 1. The van der Waals surface area contributed by atoms with E-state index in [0.29, 0.717) is 5.56 Å². The second-order valence-electron chi connectivity index (χ2n) is 6.17. The average molecular weight is 309 g/mol. The van der Waals surface area contributed by atoms with Gasteiger partial charge in [-0.15, -0.1) is 0 Å². The molecule has 0 aromatic heterocycles. The Kier molecular flexibility index (Phi) is 5.87. The lowest BCUT2D eigenvalue weighted by atomic mass is 10.0. The van der Waals surface area contributed by atoms with Crippen LogP contribution in [0.1, 0.15) is 31.9 Å². The van der Waals surface area contributed by atoms with Gasteiger partial charge in [-0.2, -0.15) is 0 Å². The first kappa shape index (κ1) is 17.9. The zero-order chi connectivity index (χ0) is 16.9. The molecule has 0 aliphatic heterocycles. The van der Waals surface area contributed by atoms with Crippen molar-refractivity contribution in [1.29, 1.82) is 0 Å². The van der Waals surface area contributed by atoms with Crippen LogP contribution in [0.4, 0.5) is 10.5 Å². The molecule has 3 N–H and O–H groups in total. The van der Waals surface area contributed by atoms with E-state index in [1.54, 1.807) is 32.9 Å². The smallest absolute Gasteiger partial charge is 0.407 e. The molecule has 7 heteroatoms. The van der Waals surface area contributed by atoms with Gasteiger partial charge in [-0.3, -0.25) is 10.1 Å². The topological polar surface area (TPSA) is 107 Å². The number of hydrogen-bond donors (Lipinski definition) is 2. The van der Waals surface area contributed by atoms with E-state index in [4.69, 9.17) is 10.5 Å². The molecule has 1 aromatic carbocycles. The molecule has 0 bridgehead atoms. The largest absolute Gasteiger partial charge is 0.444 e. The zero-order valence-corrected chi connectivity index (χ0v) is 13.4. The van der Waals surface area contributed by atoms with Gasteiger partial charge in [-0.05, 0) is 33.8 Å². The quantitative estimate of drug-likeness (QED) is 0.641. The SMILES string of the molecule is Cc1ccc([N+](=O)[O-])c(CC(CN)NC(=O)OC(C)(C)C)c1. The van der Waals surface area contributed by atoms with Crippen LogP contribution in [0.3, 0.4) is 0 Å². The van der Waals surface area contributed by atoms with E-state index < -0.39 is 22.7 Å². The number of amides is 1. The van der Waals surface area contributed by atoms with Crippen molar-refractivity contribution in [2.75, 3.05) is 6.54 Å². The van der Waals surface area contributed by atoms with Gasteiger partial charge in [0.05, 0.1) is 4.92 Å². The fourth-order valence-corrected chi connectivity index (χ4v) is 1.99. The molecule has 7 nitrogen and oxygen atoms in total. The van der Waals surface area contributed by atoms with Crippen LogP contribution in [0.2, 0.25) is 0 Å². The van der Waals surface area contributed by atoms with Crippen LogP contribution in [-0.4, -0.2) is 29.2 Å². The van der Waals surface area contributed by atoms with Gasteiger partial charge in [0, 0.05) is 30.6 Å². The monoisotopic (exact) mass is 309 g/mol. The van der Waals surface area contributed by atoms with Crippen LogP contribution in [0.25, 0.3) is 0 Å². The van der Waals surface area contributed by atoms with Gasteiger partial charge in [0.1, 0.15) is 5.60 Å². The van der Waals surface area contributed by atoms with Crippen molar-refractivity contribution in [3.63, 3.8) is 0 Å². The van der Waals surface area contributed by atoms with Gasteiger partial charge >= 0.3 is 6.09 Å². The Balaban J connectivity index is 2.84. The maximum Gasteiger partial charge on any atom is 0.407 e. The van der Waals surface area contributed by atoms with Crippen LogP contribution in [0.5, 0.6) is 0 Å². The van der Waals surface area contributed by atoms with Crippen LogP contribution in [-0.2, 0) is 11.2 Å². The number of rotatable bonds is 5. The molecule has 1 rings (SSSR count). The molecule has 0 fully saturated rings. The highest BCUT2D eigenvalue weighted by Crippen LogP contribution is 2.21. The maximum absolute atomic E-state index is 11.8.